The van der Waals surface area contributed by atoms with Crippen LogP contribution in [-0.4, -0.2) is 30.4 Å². The molecule has 8 nitrogen and oxygen atoms in total. The molecule has 0 bridgehead atoms. The molecule has 0 saturated heterocycles. The average molecular weight is 794 g/mol. The van der Waals surface area contributed by atoms with E-state index in [1.165, 1.54) is 11.3 Å². The normalized spacial score (nSPS) is 14.6. The van der Waals surface area contributed by atoms with E-state index in [4.69, 9.17) is 42.1 Å². The van der Waals surface area contributed by atoms with Crippen molar-refractivity contribution in [3.63, 3.8) is 0 Å². The highest BCUT2D eigenvalue weighted by Gasteiger charge is 2.34. The Morgan fingerprint density at radius 3 is 2.50 bits per heavy atom. The maximum Gasteiger partial charge on any atom is 0.338 e. The maximum atomic E-state index is 14.1. The summed E-state index contributed by atoms with van der Waals surface area (Å²) in [6.45, 7) is 7.98. The van der Waals surface area contributed by atoms with Gasteiger partial charge in [0.2, 0.25) is 0 Å². The van der Waals surface area contributed by atoms with Crippen molar-refractivity contribution in [2.45, 2.75) is 46.4 Å². The zero-order valence-corrected chi connectivity index (χ0v) is 30.2. The summed E-state index contributed by atoms with van der Waals surface area (Å²) in [5.74, 6) is 1.22. The molecule has 4 aromatic rings. The molecule has 12 heteroatoms. The van der Waals surface area contributed by atoms with Gasteiger partial charge in [-0.1, -0.05) is 52.7 Å². The Balaban J connectivity index is 1.56. The summed E-state index contributed by atoms with van der Waals surface area (Å²) in [5.41, 5.74) is 2.78. The summed E-state index contributed by atoms with van der Waals surface area (Å²) < 4.78 is 25.8. The van der Waals surface area contributed by atoms with Crippen LogP contribution < -0.4 is 29.1 Å². The highest BCUT2D eigenvalue weighted by atomic mass is 127. The van der Waals surface area contributed by atoms with Crippen LogP contribution in [0.15, 0.2) is 75.7 Å². The van der Waals surface area contributed by atoms with E-state index in [0.717, 1.165) is 20.3 Å². The third-order valence-corrected chi connectivity index (χ3v) is 9.40. The van der Waals surface area contributed by atoms with Crippen molar-refractivity contribution >= 4 is 69.2 Å². The Bertz CT molecular complexity index is 2000. The molecule has 240 valence electrons. The number of allylic oxidation sites excluding steroid dienone is 1. The number of esters is 1. The Kier molecular flexibility index (Phi) is 10.8. The molecule has 0 saturated carbocycles. The lowest BCUT2D eigenvalue weighted by Crippen LogP contribution is -2.40. The lowest BCUT2D eigenvalue weighted by Gasteiger charge is -2.25. The molecule has 0 spiro atoms. The summed E-state index contributed by atoms with van der Waals surface area (Å²) in [5, 5.41) is 1.05. The van der Waals surface area contributed by atoms with Crippen LogP contribution in [0.2, 0.25) is 10.0 Å². The summed E-state index contributed by atoms with van der Waals surface area (Å²) in [6.07, 6.45) is 1.44. The van der Waals surface area contributed by atoms with Crippen molar-refractivity contribution < 1.29 is 23.7 Å². The van der Waals surface area contributed by atoms with Gasteiger partial charge in [-0.15, -0.1) is 0 Å². The van der Waals surface area contributed by atoms with E-state index < -0.39 is 12.0 Å². The van der Waals surface area contributed by atoms with Gasteiger partial charge in [-0.3, -0.25) is 9.36 Å². The quantitative estimate of drug-likeness (QED) is 0.126. The van der Waals surface area contributed by atoms with Crippen LogP contribution in [0.1, 0.15) is 50.4 Å². The first-order valence-electron chi connectivity index (χ1n) is 14.4. The molecule has 1 atom stereocenters. The molecular weight excluding hydrogens is 762 g/mol. The zero-order valence-electron chi connectivity index (χ0n) is 25.7. The minimum atomic E-state index is -0.731. The van der Waals surface area contributed by atoms with Gasteiger partial charge in [0.1, 0.15) is 12.4 Å². The average Bonchev–Trinajstić information content (AvgIpc) is 3.30. The monoisotopic (exact) mass is 792 g/mol. The molecule has 0 unspecified atom stereocenters. The van der Waals surface area contributed by atoms with E-state index in [0.29, 0.717) is 54.5 Å². The van der Waals surface area contributed by atoms with E-state index in [9.17, 15) is 9.59 Å². The van der Waals surface area contributed by atoms with E-state index in [1.807, 2.05) is 43.3 Å². The second-order valence-corrected chi connectivity index (χ2v) is 13.6. The first-order chi connectivity index (χ1) is 22.0. The van der Waals surface area contributed by atoms with Gasteiger partial charge in [-0.2, -0.15) is 0 Å². The number of fused-ring (bicyclic) bond motifs is 1. The third-order valence-electron chi connectivity index (χ3n) is 7.03. The van der Waals surface area contributed by atoms with Gasteiger partial charge in [-0.05, 0) is 104 Å². The predicted octanol–water partition coefficient (Wildman–Crippen LogP) is 7.08. The minimum Gasteiger partial charge on any atom is -0.494 e. The number of carbonyl (C=O) groups excluding carboxylic acids is 1. The Morgan fingerprint density at radius 2 is 1.85 bits per heavy atom. The Hall–Kier alpha value is -3.32. The number of ether oxygens (including phenoxy) is 4. The SMILES string of the molecule is CCOc1ccc([C@@H]2C(C(=O)OC(C)C)=C(C)N=c3s/c(=C/c4cc(I)c(OCc5ccc(Cl)cc5Cl)c(OC)c4)c(=O)n32)cc1. The van der Waals surface area contributed by atoms with Crippen molar-refractivity contribution in [2.75, 3.05) is 13.7 Å². The van der Waals surface area contributed by atoms with Crippen molar-refractivity contribution in [1.29, 1.82) is 0 Å². The molecular formula is C34H31Cl2IN2O6S. The van der Waals surface area contributed by atoms with Gasteiger partial charge in [0.05, 0.1) is 45.2 Å². The molecule has 0 radical (unpaired) electrons. The fourth-order valence-corrected chi connectivity index (χ4v) is 7.28. The Morgan fingerprint density at radius 1 is 1.11 bits per heavy atom. The van der Waals surface area contributed by atoms with E-state index in [-0.39, 0.29) is 18.3 Å². The highest BCUT2D eigenvalue weighted by molar-refractivity contribution is 14.1. The number of rotatable bonds is 10. The molecule has 0 N–H and O–H groups in total. The number of carbonyl (C=O) groups is 1. The minimum absolute atomic E-state index is 0.215. The van der Waals surface area contributed by atoms with Crippen LogP contribution in [-0.2, 0) is 16.1 Å². The number of halogens is 3. The molecule has 2 heterocycles. The number of hydrogen-bond acceptors (Lipinski definition) is 8. The second kappa shape index (κ2) is 14.6. The Labute approximate surface area is 294 Å². The van der Waals surface area contributed by atoms with Gasteiger partial charge in [0.15, 0.2) is 16.3 Å². The number of nitrogens with zero attached hydrogens (tertiary/aromatic N) is 2. The van der Waals surface area contributed by atoms with E-state index in [1.54, 1.807) is 56.7 Å². The fraction of sp³-hybridized carbons (Fsp3) is 0.265. The largest absolute Gasteiger partial charge is 0.494 e. The van der Waals surface area contributed by atoms with Gasteiger partial charge in [-0.25, -0.2) is 9.79 Å². The van der Waals surface area contributed by atoms with Crippen molar-refractivity contribution in [3.8, 4) is 17.2 Å². The smallest absolute Gasteiger partial charge is 0.338 e. The number of methoxy groups -OCH3 is 1. The molecule has 1 aliphatic rings. The molecule has 0 amide bonds. The summed E-state index contributed by atoms with van der Waals surface area (Å²) in [4.78, 5) is 32.6. The number of aromatic nitrogens is 1. The van der Waals surface area contributed by atoms with Crippen molar-refractivity contribution in [1.82, 2.24) is 4.57 Å². The van der Waals surface area contributed by atoms with Crippen LogP contribution in [0, 0.1) is 3.57 Å². The summed E-state index contributed by atoms with van der Waals surface area (Å²) in [7, 11) is 1.56. The van der Waals surface area contributed by atoms with Crippen LogP contribution in [0.5, 0.6) is 17.2 Å². The number of thiazole rings is 1. The molecule has 3 aromatic carbocycles. The third kappa shape index (κ3) is 7.30. The van der Waals surface area contributed by atoms with Crippen LogP contribution in [0.4, 0.5) is 0 Å². The fourth-order valence-electron chi connectivity index (χ4n) is 4.99. The summed E-state index contributed by atoms with van der Waals surface area (Å²) >= 11 is 15.8. The van der Waals surface area contributed by atoms with E-state index >= 15 is 0 Å². The number of benzene rings is 3. The molecule has 1 aliphatic heterocycles. The summed E-state index contributed by atoms with van der Waals surface area (Å²) in [6, 6.07) is 15.6. The second-order valence-electron chi connectivity index (χ2n) is 10.6. The topological polar surface area (TPSA) is 88.4 Å². The lowest BCUT2D eigenvalue weighted by atomic mass is 9.96. The first-order valence-corrected chi connectivity index (χ1v) is 17.1. The molecule has 0 fully saturated rings. The molecule has 1 aromatic heterocycles. The zero-order chi connectivity index (χ0) is 33.1. The van der Waals surface area contributed by atoms with Gasteiger partial charge < -0.3 is 18.9 Å². The van der Waals surface area contributed by atoms with E-state index in [2.05, 4.69) is 27.6 Å². The maximum absolute atomic E-state index is 14.1. The van der Waals surface area contributed by atoms with Gasteiger partial charge >= 0.3 is 5.97 Å². The van der Waals surface area contributed by atoms with Crippen LogP contribution >= 0.6 is 57.1 Å². The number of hydrogen-bond donors (Lipinski definition) is 0. The predicted molar refractivity (Wildman–Crippen MR) is 189 cm³/mol. The van der Waals surface area contributed by atoms with Crippen LogP contribution in [0.25, 0.3) is 6.08 Å². The highest BCUT2D eigenvalue weighted by Crippen LogP contribution is 2.36. The molecule has 5 rings (SSSR count). The first kappa shape index (κ1) is 34.0. The standard InChI is InChI=1S/C34H31Cl2IN2O6S/c1-6-43-24-11-8-21(9-12-24)30-29(33(41)45-18(2)3)19(4)38-34-39(30)32(40)28(46-34)15-20-13-26(37)31(27(14-20)42-5)44-17-22-7-10-23(35)16-25(22)36/h7-16,18,30H,6,17H2,1-5H3/b28-15+/t30-/m1/s1. The van der Waals surface area contributed by atoms with Crippen molar-refractivity contribution in [3.05, 3.63) is 116 Å². The lowest BCUT2D eigenvalue weighted by molar-refractivity contribution is -0.143. The van der Waals surface area contributed by atoms with Crippen molar-refractivity contribution in [2.24, 2.45) is 4.99 Å². The molecule has 0 aliphatic carbocycles. The van der Waals surface area contributed by atoms with Gasteiger partial charge in [0.25, 0.3) is 5.56 Å². The van der Waals surface area contributed by atoms with Crippen LogP contribution in [0.3, 0.4) is 0 Å². The van der Waals surface area contributed by atoms with Gasteiger partial charge in [0, 0.05) is 15.6 Å². The molecule has 46 heavy (non-hydrogen) atoms.